The number of amidine groups is 1. The summed E-state index contributed by atoms with van der Waals surface area (Å²) in [6.45, 7) is 4.64. The van der Waals surface area contributed by atoms with Crippen LogP contribution in [0.5, 0.6) is 5.75 Å². The van der Waals surface area contributed by atoms with Crippen LogP contribution >= 0.6 is 11.8 Å². The minimum atomic E-state index is -0.529. The molecule has 0 fully saturated rings. The summed E-state index contributed by atoms with van der Waals surface area (Å²) >= 11 is 1.44. The number of nitrogens with zero attached hydrogens (tertiary/aromatic N) is 3. The number of aliphatic imine (C=N–C) groups is 1. The number of carbonyl (C=O) groups excluding carboxylic acids is 2. The summed E-state index contributed by atoms with van der Waals surface area (Å²) in [5.41, 5.74) is 4.59. The fourth-order valence-electron chi connectivity index (χ4n) is 4.60. The molecule has 5 rings (SSSR count). The molecule has 0 bridgehead atoms. The molecule has 0 spiro atoms. The molecule has 3 aromatic rings. The first-order valence-electron chi connectivity index (χ1n) is 13.1. The topological polar surface area (TPSA) is 93.1 Å². The van der Waals surface area contributed by atoms with Gasteiger partial charge in [0.05, 0.1) is 30.3 Å². The molecule has 1 atom stereocenters. The molecule has 2 aliphatic rings. The number of hydrogen-bond donors (Lipinski definition) is 1. The fourth-order valence-corrected chi connectivity index (χ4v) is 5.56. The molecule has 0 radical (unpaired) electrons. The summed E-state index contributed by atoms with van der Waals surface area (Å²) in [5, 5.41) is 5.59. The van der Waals surface area contributed by atoms with Gasteiger partial charge in [-0.3, -0.25) is 9.78 Å². The zero-order chi connectivity index (χ0) is 27.9. The van der Waals surface area contributed by atoms with Gasteiger partial charge in [-0.2, -0.15) is 0 Å². The summed E-state index contributed by atoms with van der Waals surface area (Å²) in [6, 6.07) is 20.9. The van der Waals surface area contributed by atoms with Crippen molar-refractivity contribution in [2.75, 3.05) is 6.61 Å². The first-order valence-corrected chi connectivity index (χ1v) is 13.9. The summed E-state index contributed by atoms with van der Waals surface area (Å²) in [4.78, 5) is 37.0. The van der Waals surface area contributed by atoms with E-state index in [1.807, 2.05) is 84.0 Å². The van der Waals surface area contributed by atoms with E-state index in [-0.39, 0.29) is 18.9 Å². The maximum atomic E-state index is 13.2. The highest BCUT2D eigenvalue weighted by Crippen LogP contribution is 2.45. The number of esters is 1. The number of carbonyl (C=O) groups is 2. The lowest BCUT2D eigenvalue weighted by Crippen LogP contribution is -2.38. The van der Waals surface area contributed by atoms with E-state index in [4.69, 9.17) is 14.5 Å². The Morgan fingerprint density at radius 1 is 1.05 bits per heavy atom. The Labute approximate surface area is 237 Å². The van der Waals surface area contributed by atoms with Crippen LogP contribution in [0.3, 0.4) is 0 Å². The van der Waals surface area contributed by atoms with Gasteiger partial charge < -0.3 is 19.7 Å². The summed E-state index contributed by atoms with van der Waals surface area (Å²) in [5.74, 6) is 0.109. The molecule has 0 saturated carbocycles. The van der Waals surface area contributed by atoms with Gasteiger partial charge in [-0.25, -0.2) is 9.79 Å². The van der Waals surface area contributed by atoms with E-state index in [1.165, 1.54) is 11.8 Å². The normalized spacial score (nSPS) is 16.1. The van der Waals surface area contributed by atoms with Gasteiger partial charge in [0.15, 0.2) is 5.17 Å². The van der Waals surface area contributed by atoms with Crippen molar-refractivity contribution in [3.63, 3.8) is 0 Å². The highest BCUT2D eigenvalue weighted by atomic mass is 32.2. The van der Waals surface area contributed by atoms with E-state index in [0.29, 0.717) is 35.3 Å². The van der Waals surface area contributed by atoms with Crippen LogP contribution in [0.2, 0.25) is 0 Å². The first kappa shape index (κ1) is 27.2. The Morgan fingerprint density at radius 2 is 1.88 bits per heavy atom. The zero-order valence-electron chi connectivity index (χ0n) is 22.4. The third kappa shape index (κ3) is 6.26. The average Bonchev–Trinajstić information content (AvgIpc) is 3.37. The standard InChI is InChI=1S/C31H30N4O4S/c1-3-38-30(37)28-21(2)34-31-35(25(20-40-31)16-27(36)33-18-23-11-8-14-32-17-23)29(28)24-12-7-13-26(15-24)39-19-22-9-5-4-6-10-22/h4-15,17,20,29H,3,16,18-19H2,1-2H3,(H,33,36)/t29-/m1/s1. The van der Waals surface area contributed by atoms with Crippen LogP contribution < -0.4 is 10.1 Å². The van der Waals surface area contributed by atoms with Crippen molar-refractivity contribution in [3.8, 4) is 5.75 Å². The van der Waals surface area contributed by atoms with Gasteiger partial charge >= 0.3 is 5.97 Å². The Balaban J connectivity index is 1.41. The van der Waals surface area contributed by atoms with Crippen molar-refractivity contribution < 1.29 is 19.1 Å². The Kier molecular flexibility index (Phi) is 8.61. The van der Waals surface area contributed by atoms with Crippen LogP contribution in [0.25, 0.3) is 0 Å². The third-order valence-electron chi connectivity index (χ3n) is 6.47. The Morgan fingerprint density at radius 3 is 2.65 bits per heavy atom. The lowest BCUT2D eigenvalue weighted by atomic mass is 9.93. The maximum Gasteiger partial charge on any atom is 0.338 e. The second kappa shape index (κ2) is 12.7. The smallest absolute Gasteiger partial charge is 0.338 e. The number of rotatable bonds is 10. The van der Waals surface area contributed by atoms with E-state index in [0.717, 1.165) is 22.4 Å². The first-order chi connectivity index (χ1) is 19.5. The van der Waals surface area contributed by atoms with Gasteiger partial charge in [-0.1, -0.05) is 60.3 Å². The molecule has 0 unspecified atom stereocenters. The van der Waals surface area contributed by atoms with E-state index in [1.54, 1.807) is 19.3 Å². The van der Waals surface area contributed by atoms with Crippen molar-refractivity contribution in [2.45, 2.75) is 39.5 Å². The minimum absolute atomic E-state index is 0.127. The second-order valence-electron chi connectivity index (χ2n) is 9.28. The second-order valence-corrected chi connectivity index (χ2v) is 10.1. The van der Waals surface area contributed by atoms with Gasteiger partial charge in [0.1, 0.15) is 12.4 Å². The quantitative estimate of drug-likeness (QED) is 0.331. The number of hydrogen-bond acceptors (Lipinski definition) is 8. The van der Waals surface area contributed by atoms with E-state index in [9.17, 15) is 9.59 Å². The largest absolute Gasteiger partial charge is 0.489 e. The molecule has 40 heavy (non-hydrogen) atoms. The number of allylic oxidation sites excluding steroid dienone is 1. The van der Waals surface area contributed by atoms with E-state index >= 15 is 0 Å². The molecule has 0 aliphatic carbocycles. The Hall–Kier alpha value is -4.37. The number of pyridine rings is 1. The summed E-state index contributed by atoms with van der Waals surface area (Å²) in [7, 11) is 0. The molecule has 1 aromatic heterocycles. The van der Waals surface area contributed by atoms with Crippen molar-refractivity contribution in [1.29, 1.82) is 0 Å². The highest BCUT2D eigenvalue weighted by Gasteiger charge is 2.41. The number of benzene rings is 2. The number of nitrogens with one attached hydrogen (secondary N) is 1. The molecule has 204 valence electrons. The van der Waals surface area contributed by atoms with Gasteiger partial charge in [0, 0.05) is 24.6 Å². The monoisotopic (exact) mass is 554 g/mol. The molecule has 2 aliphatic heterocycles. The van der Waals surface area contributed by atoms with Crippen molar-refractivity contribution in [3.05, 3.63) is 118 Å². The van der Waals surface area contributed by atoms with Crippen LogP contribution in [-0.4, -0.2) is 33.5 Å². The fraction of sp³-hybridized carbons (Fsp3) is 0.226. The number of fused-ring (bicyclic) bond motifs is 1. The predicted octanol–water partition coefficient (Wildman–Crippen LogP) is 5.51. The van der Waals surface area contributed by atoms with Crippen LogP contribution in [-0.2, 0) is 27.5 Å². The van der Waals surface area contributed by atoms with Gasteiger partial charge in [0.25, 0.3) is 0 Å². The molecular formula is C31H30N4O4S. The van der Waals surface area contributed by atoms with E-state index in [2.05, 4.69) is 10.3 Å². The van der Waals surface area contributed by atoms with Gasteiger partial charge in [-0.05, 0) is 54.1 Å². The summed E-state index contributed by atoms with van der Waals surface area (Å²) in [6.07, 6.45) is 3.55. The number of aromatic nitrogens is 1. The van der Waals surface area contributed by atoms with Crippen LogP contribution in [0.15, 0.2) is 106 Å². The van der Waals surface area contributed by atoms with Gasteiger partial charge in [-0.15, -0.1) is 0 Å². The molecule has 3 heterocycles. The van der Waals surface area contributed by atoms with Crippen LogP contribution in [0.4, 0.5) is 0 Å². The molecule has 8 nitrogen and oxygen atoms in total. The molecular weight excluding hydrogens is 524 g/mol. The maximum absolute atomic E-state index is 13.2. The van der Waals surface area contributed by atoms with Crippen molar-refractivity contribution >= 4 is 28.8 Å². The Bertz CT molecular complexity index is 1470. The van der Waals surface area contributed by atoms with E-state index < -0.39 is 12.0 Å². The zero-order valence-corrected chi connectivity index (χ0v) is 23.2. The summed E-state index contributed by atoms with van der Waals surface area (Å²) < 4.78 is 11.6. The third-order valence-corrected chi connectivity index (χ3v) is 7.36. The molecule has 2 aromatic carbocycles. The van der Waals surface area contributed by atoms with Crippen LogP contribution in [0.1, 0.15) is 43.0 Å². The van der Waals surface area contributed by atoms with Gasteiger partial charge in [0.2, 0.25) is 5.91 Å². The molecule has 9 heteroatoms. The number of ether oxygens (including phenoxy) is 2. The number of amides is 1. The van der Waals surface area contributed by atoms with Crippen molar-refractivity contribution in [1.82, 2.24) is 15.2 Å². The van der Waals surface area contributed by atoms with Crippen molar-refractivity contribution in [2.24, 2.45) is 4.99 Å². The van der Waals surface area contributed by atoms with Crippen LogP contribution in [0, 0.1) is 0 Å². The highest BCUT2D eigenvalue weighted by molar-refractivity contribution is 8.16. The molecule has 1 N–H and O–H groups in total. The minimum Gasteiger partial charge on any atom is -0.489 e. The lowest BCUT2D eigenvalue weighted by molar-refractivity contribution is -0.139. The average molecular weight is 555 g/mol. The molecule has 0 saturated heterocycles. The SMILES string of the molecule is CCOC(=O)C1=C(C)N=C2SC=C(CC(=O)NCc3cccnc3)N2[C@@H]1c1cccc(OCc2ccccc2)c1. The predicted molar refractivity (Wildman–Crippen MR) is 155 cm³/mol. The lowest BCUT2D eigenvalue weighted by Gasteiger charge is -2.36. The number of thioether (sulfide) groups is 1. The molecule has 1 amide bonds.